The van der Waals surface area contributed by atoms with Crippen molar-refractivity contribution >= 4 is 29.3 Å². The van der Waals surface area contributed by atoms with Gasteiger partial charge < -0.3 is 26.1 Å². The number of benzene rings is 1. The van der Waals surface area contributed by atoms with Crippen LogP contribution in [0.25, 0.3) is 11.3 Å². The van der Waals surface area contributed by atoms with Crippen LogP contribution < -0.4 is 21.7 Å². The number of hydrogen-bond acceptors (Lipinski definition) is 6. The summed E-state index contributed by atoms with van der Waals surface area (Å²) in [6.07, 6.45) is 10.1. The van der Waals surface area contributed by atoms with Crippen LogP contribution in [0.4, 0.5) is 16.2 Å². The number of carbonyl (C=O) groups is 3. The number of H-pyrrole nitrogens is 1. The third-order valence-corrected chi connectivity index (χ3v) is 6.89. The van der Waals surface area contributed by atoms with E-state index in [4.69, 9.17) is 5.73 Å². The third-order valence-electron chi connectivity index (χ3n) is 6.89. The van der Waals surface area contributed by atoms with Gasteiger partial charge in [-0.15, -0.1) is 0 Å². The number of aromatic amines is 1. The zero-order chi connectivity index (χ0) is 25.5. The molecule has 1 saturated carbocycles. The van der Waals surface area contributed by atoms with Gasteiger partial charge in [-0.1, -0.05) is 12.2 Å². The molecule has 36 heavy (non-hydrogen) atoms. The average molecular weight is 495 g/mol. The van der Waals surface area contributed by atoms with Crippen molar-refractivity contribution in [3.05, 3.63) is 42.4 Å². The molecule has 192 valence electrons. The van der Waals surface area contributed by atoms with Gasteiger partial charge in [0.25, 0.3) is 0 Å². The van der Waals surface area contributed by atoms with Crippen LogP contribution in [0.3, 0.4) is 0 Å². The quantitative estimate of drug-likeness (QED) is 0.407. The van der Waals surface area contributed by atoms with Crippen molar-refractivity contribution in [3.63, 3.8) is 0 Å². The molecule has 10 nitrogen and oxygen atoms in total. The Morgan fingerprint density at radius 2 is 2.00 bits per heavy atom. The van der Waals surface area contributed by atoms with Gasteiger partial charge in [-0.3, -0.25) is 14.9 Å². The Hall–Kier alpha value is -3.66. The number of fused-ring (bicyclic) bond motifs is 4. The van der Waals surface area contributed by atoms with E-state index in [-0.39, 0.29) is 23.8 Å². The molecule has 10 heteroatoms. The first-order valence-corrected chi connectivity index (χ1v) is 12.5. The summed E-state index contributed by atoms with van der Waals surface area (Å²) >= 11 is 0. The maximum atomic E-state index is 13.1. The van der Waals surface area contributed by atoms with E-state index in [0.717, 1.165) is 31.2 Å². The maximum Gasteiger partial charge on any atom is 0.411 e. The first kappa shape index (κ1) is 25.4. The average Bonchev–Trinajstić information content (AvgIpc) is 3.37. The Morgan fingerprint density at radius 3 is 2.75 bits per heavy atom. The molecule has 3 amide bonds. The number of nitrogens with zero attached hydrogens (tertiary/aromatic N) is 1. The van der Waals surface area contributed by atoms with E-state index < -0.39 is 6.09 Å². The summed E-state index contributed by atoms with van der Waals surface area (Å²) in [4.78, 5) is 45.2. The van der Waals surface area contributed by atoms with Crippen molar-refractivity contribution < 1.29 is 19.1 Å². The molecule has 1 atom stereocenters. The molecule has 0 radical (unpaired) electrons. The highest BCUT2D eigenvalue weighted by atomic mass is 16.5. The Morgan fingerprint density at radius 1 is 1.19 bits per heavy atom. The normalized spacial score (nSPS) is 23.1. The lowest BCUT2D eigenvalue weighted by Gasteiger charge is -2.28. The number of amides is 3. The minimum absolute atomic E-state index is 0.0147. The predicted octanol–water partition coefficient (Wildman–Crippen LogP) is 3.86. The van der Waals surface area contributed by atoms with Crippen LogP contribution in [0.1, 0.15) is 56.8 Å². The molecular weight excluding hydrogens is 460 g/mol. The summed E-state index contributed by atoms with van der Waals surface area (Å²) in [5, 5.41) is 8.74. The van der Waals surface area contributed by atoms with Gasteiger partial charge in [-0.05, 0) is 69.2 Å². The Kier molecular flexibility index (Phi) is 8.37. The number of ether oxygens (including phenoxy) is 1. The number of anilines is 2. The Bertz CT molecular complexity index is 1120. The summed E-state index contributed by atoms with van der Waals surface area (Å²) in [6, 6.07) is 4.87. The van der Waals surface area contributed by atoms with Gasteiger partial charge in [0.15, 0.2) is 0 Å². The largest absolute Gasteiger partial charge is 0.453 e. The van der Waals surface area contributed by atoms with Crippen LogP contribution in [0.2, 0.25) is 0 Å². The predicted molar refractivity (Wildman–Crippen MR) is 137 cm³/mol. The lowest BCUT2D eigenvalue weighted by Crippen LogP contribution is -2.36. The molecule has 4 rings (SSSR count). The molecule has 2 bridgehead atoms. The molecule has 2 aliphatic rings. The van der Waals surface area contributed by atoms with Crippen molar-refractivity contribution in [2.24, 2.45) is 17.6 Å². The number of carbonyl (C=O) groups excluding carboxylic acids is 3. The van der Waals surface area contributed by atoms with Crippen LogP contribution in [0, 0.1) is 11.8 Å². The second-order valence-corrected chi connectivity index (χ2v) is 9.37. The molecule has 6 N–H and O–H groups in total. The van der Waals surface area contributed by atoms with Crippen molar-refractivity contribution in [1.29, 1.82) is 0 Å². The van der Waals surface area contributed by atoms with E-state index in [0.29, 0.717) is 54.6 Å². The smallest absolute Gasteiger partial charge is 0.411 e. The lowest BCUT2D eigenvalue weighted by molar-refractivity contribution is -0.127. The molecule has 0 saturated heterocycles. The third kappa shape index (κ3) is 6.31. The van der Waals surface area contributed by atoms with Crippen molar-refractivity contribution in [2.75, 3.05) is 24.3 Å². The van der Waals surface area contributed by atoms with E-state index in [1.54, 1.807) is 24.4 Å². The lowest BCUT2D eigenvalue weighted by atomic mass is 9.81. The number of hydrogen-bond donors (Lipinski definition) is 5. The monoisotopic (exact) mass is 494 g/mol. The zero-order valence-electron chi connectivity index (χ0n) is 20.5. The molecule has 1 fully saturated rings. The van der Waals surface area contributed by atoms with Gasteiger partial charge in [0, 0.05) is 23.6 Å². The molecular formula is C26H34N6O4. The SMILES string of the molecule is COC(=O)Nc1ccc2c(c1)NC(=O)CC/C=C/C[C@H](NC(=O)C1CCC(CN)CC1)c1ncc-2[nH]1. The van der Waals surface area contributed by atoms with E-state index in [2.05, 4.69) is 30.7 Å². The fourth-order valence-electron chi connectivity index (χ4n) is 4.75. The summed E-state index contributed by atoms with van der Waals surface area (Å²) in [5.74, 6) is 1.04. The topological polar surface area (TPSA) is 151 Å². The minimum atomic E-state index is -0.602. The maximum absolute atomic E-state index is 13.1. The minimum Gasteiger partial charge on any atom is -0.453 e. The highest BCUT2D eigenvalue weighted by molar-refractivity contribution is 5.97. The molecule has 0 spiro atoms. The molecule has 1 aliphatic carbocycles. The zero-order valence-corrected chi connectivity index (χ0v) is 20.5. The van der Waals surface area contributed by atoms with Crippen LogP contribution in [-0.2, 0) is 14.3 Å². The fourth-order valence-corrected chi connectivity index (χ4v) is 4.75. The fraction of sp³-hybridized carbons (Fsp3) is 0.462. The number of aromatic nitrogens is 2. The van der Waals surface area contributed by atoms with Crippen LogP contribution in [0.15, 0.2) is 36.5 Å². The van der Waals surface area contributed by atoms with E-state index in [9.17, 15) is 14.4 Å². The Balaban J connectivity index is 1.58. The molecule has 1 aliphatic heterocycles. The van der Waals surface area contributed by atoms with Gasteiger partial charge >= 0.3 is 6.09 Å². The second kappa shape index (κ2) is 11.9. The van der Waals surface area contributed by atoms with Gasteiger partial charge in [-0.2, -0.15) is 0 Å². The highest BCUT2D eigenvalue weighted by Gasteiger charge is 2.28. The molecule has 1 aromatic carbocycles. The number of methoxy groups -OCH3 is 1. The van der Waals surface area contributed by atoms with Gasteiger partial charge in [0.1, 0.15) is 5.82 Å². The number of nitrogens with two attached hydrogens (primary N) is 1. The van der Waals surface area contributed by atoms with Crippen molar-refractivity contribution in [1.82, 2.24) is 15.3 Å². The standard InChI is InChI=1S/C26H34N6O4/c1-36-26(35)29-18-11-12-19-21(13-18)30-23(33)6-4-2-3-5-20(24-28-15-22(19)31-24)32-25(34)17-9-7-16(14-27)8-10-17/h2-3,11-13,15-17,20H,4-10,14,27H2,1H3,(H,28,31)(H,29,35)(H,30,33)(H,32,34)/b3-2+/t16?,17?,20-/m0/s1. The summed E-state index contributed by atoms with van der Waals surface area (Å²) in [7, 11) is 1.29. The number of nitrogens with one attached hydrogen (secondary N) is 4. The van der Waals surface area contributed by atoms with Crippen LogP contribution in [-0.4, -0.2) is 41.5 Å². The van der Waals surface area contributed by atoms with E-state index in [1.165, 1.54) is 7.11 Å². The number of rotatable bonds is 4. The van der Waals surface area contributed by atoms with E-state index >= 15 is 0 Å². The van der Waals surface area contributed by atoms with E-state index in [1.807, 2.05) is 12.2 Å². The summed E-state index contributed by atoms with van der Waals surface area (Å²) in [5.41, 5.74) is 8.23. The summed E-state index contributed by atoms with van der Waals surface area (Å²) < 4.78 is 4.66. The second-order valence-electron chi connectivity index (χ2n) is 9.37. The molecule has 0 unspecified atom stereocenters. The Labute approximate surface area is 210 Å². The van der Waals surface area contributed by atoms with Crippen molar-refractivity contribution in [2.45, 2.75) is 51.0 Å². The highest BCUT2D eigenvalue weighted by Crippen LogP contribution is 2.32. The molecule has 2 aromatic rings. The first-order chi connectivity index (χ1) is 17.5. The van der Waals surface area contributed by atoms with Gasteiger partial charge in [0.05, 0.1) is 30.7 Å². The molecule has 1 aromatic heterocycles. The summed E-state index contributed by atoms with van der Waals surface area (Å²) in [6.45, 7) is 0.677. The van der Waals surface area contributed by atoms with Crippen LogP contribution in [0.5, 0.6) is 0 Å². The molecule has 2 heterocycles. The first-order valence-electron chi connectivity index (χ1n) is 12.5. The van der Waals surface area contributed by atoms with Gasteiger partial charge in [0.2, 0.25) is 11.8 Å². The van der Waals surface area contributed by atoms with Gasteiger partial charge in [-0.25, -0.2) is 9.78 Å². The van der Waals surface area contributed by atoms with Crippen LogP contribution >= 0.6 is 0 Å². The number of allylic oxidation sites excluding steroid dienone is 1. The van der Waals surface area contributed by atoms with Crippen molar-refractivity contribution in [3.8, 4) is 11.3 Å². The number of imidazole rings is 1.